The second-order valence-electron chi connectivity index (χ2n) is 27.3. The Morgan fingerprint density at radius 3 is 1.59 bits per heavy atom. The second kappa shape index (κ2) is 13.1. The van der Waals surface area contributed by atoms with Crippen molar-refractivity contribution in [2.45, 2.75) is 180 Å². The van der Waals surface area contributed by atoms with E-state index in [4.69, 9.17) is 0 Å². The van der Waals surface area contributed by atoms with Crippen molar-refractivity contribution in [3.8, 4) is 16.8 Å². The molecule has 4 heteroatoms. The van der Waals surface area contributed by atoms with Gasteiger partial charge in [-0.15, -0.1) is 11.3 Å². The van der Waals surface area contributed by atoms with E-state index in [1.54, 1.807) is 5.56 Å². The molecule has 0 radical (unpaired) electrons. The summed E-state index contributed by atoms with van der Waals surface area (Å²) in [7, 11) is 0. The van der Waals surface area contributed by atoms with Crippen LogP contribution < -0.4 is 15.7 Å². The van der Waals surface area contributed by atoms with Gasteiger partial charge in [-0.25, -0.2) is 0 Å². The zero-order chi connectivity index (χ0) is 47.8. The molecule has 13 rings (SSSR count). The topological polar surface area (TPSA) is 8.17 Å². The van der Waals surface area contributed by atoms with Crippen LogP contribution in [-0.2, 0) is 37.9 Å². The molecule has 0 fully saturated rings. The summed E-state index contributed by atoms with van der Waals surface area (Å²) in [6, 6.07) is 35.4. The van der Waals surface area contributed by atoms with Gasteiger partial charge in [0.15, 0.2) is 0 Å². The maximum atomic E-state index is 2.84. The van der Waals surface area contributed by atoms with Crippen molar-refractivity contribution in [2.75, 3.05) is 4.81 Å². The predicted molar refractivity (Wildman–Crippen MR) is 297 cm³/mol. The van der Waals surface area contributed by atoms with E-state index >= 15 is 0 Å². The third-order valence-electron chi connectivity index (χ3n) is 19.1. The summed E-state index contributed by atoms with van der Waals surface area (Å²) in [4.78, 5) is 2.84. The quantitative estimate of drug-likeness (QED) is 0.149. The van der Waals surface area contributed by atoms with Crippen LogP contribution in [0.5, 0.6) is 0 Å². The van der Waals surface area contributed by atoms with Gasteiger partial charge in [-0.2, -0.15) is 0 Å². The number of hydrogen-bond donors (Lipinski definition) is 0. The number of hydrogen-bond acceptors (Lipinski definition) is 2. The third-order valence-corrected chi connectivity index (χ3v) is 20.3. The number of nitrogens with zero attached hydrogens (tertiary/aromatic N) is 2. The van der Waals surface area contributed by atoms with Gasteiger partial charge in [0.05, 0.1) is 11.0 Å². The first-order chi connectivity index (χ1) is 31.8. The van der Waals surface area contributed by atoms with Gasteiger partial charge in [0.1, 0.15) is 0 Å². The third kappa shape index (κ3) is 5.59. The normalized spacial score (nSPS) is 20.9. The van der Waals surface area contributed by atoms with Crippen LogP contribution in [0.15, 0.2) is 84.9 Å². The molecule has 0 bridgehead atoms. The Bertz CT molecular complexity index is 3560. The van der Waals surface area contributed by atoms with Gasteiger partial charge in [0.2, 0.25) is 0 Å². The number of anilines is 2. The van der Waals surface area contributed by atoms with Crippen LogP contribution in [0.1, 0.15) is 181 Å². The fourth-order valence-corrected chi connectivity index (χ4v) is 15.6. The molecular formula is C64H71BN2S. The Morgan fingerprint density at radius 2 is 1.01 bits per heavy atom. The molecule has 0 saturated heterocycles. The van der Waals surface area contributed by atoms with Gasteiger partial charge >= 0.3 is 6.85 Å². The van der Waals surface area contributed by atoms with Crippen molar-refractivity contribution < 1.29 is 0 Å². The molecule has 0 saturated carbocycles. The molecule has 4 heterocycles. The fraction of sp³-hybridized carbons (Fsp3) is 0.438. The lowest BCUT2D eigenvalue weighted by atomic mass is 9.42. The van der Waals surface area contributed by atoms with E-state index < -0.39 is 0 Å². The molecule has 346 valence electrons. The van der Waals surface area contributed by atoms with E-state index in [1.165, 1.54) is 153 Å². The van der Waals surface area contributed by atoms with Crippen molar-refractivity contribution in [2.24, 2.45) is 0 Å². The SMILES string of the molecule is CC(C)(C)c1ccc(N2B3c4cc5c(cc4-n4c6cc7c(cc6c6c8sc9ccccc9c8c(c3c64)-c3cc4c(cc32)C(C)(C)CCC4(C)C)C(C)(C)CCC7(C)C)C(C)(C)CCC5(C)C)cc1. The van der Waals surface area contributed by atoms with Crippen LogP contribution in [0.3, 0.4) is 0 Å². The molecule has 2 aliphatic heterocycles. The van der Waals surface area contributed by atoms with Crippen molar-refractivity contribution in [3.05, 3.63) is 124 Å². The van der Waals surface area contributed by atoms with E-state index in [9.17, 15) is 0 Å². The van der Waals surface area contributed by atoms with Crippen LogP contribution in [0.2, 0.25) is 0 Å². The summed E-state index contributed by atoms with van der Waals surface area (Å²) >= 11 is 2.04. The highest BCUT2D eigenvalue weighted by Gasteiger charge is 2.50. The summed E-state index contributed by atoms with van der Waals surface area (Å²) in [6.07, 6.45) is 7.14. The maximum absolute atomic E-state index is 2.84. The van der Waals surface area contributed by atoms with Gasteiger partial charge < -0.3 is 9.38 Å². The molecular weight excluding hydrogens is 840 g/mol. The Labute approximate surface area is 410 Å². The van der Waals surface area contributed by atoms with E-state index in [2.05, 4.69) is 198 Å². The number of benzene rings is 6. The van der Waals surface area contributed by atoms with Crippen molar-refractivity contribution in [1.82, 2.24) is 4.57 Å². The average molecular weight is 911 g/mol. The lowest BCUT2D eigenvalue weighted by Gasteiger charge is -2.47. The van der Waals surface area contributed by atoms with Crippen LogP contribution >= 0.6 is 11.3 Å². The molecule has 5 aliphatic rings. The van der Waals surface area contributed by atoms with E-state index in [0.29, 0.717) is 0 Å². The molecule has 0 atom stereocenters. The van der Waals surface area contributed by atoms with Crippen molar-refractivity contribution in [1.29, 1.82) is 0 Å². The van der Waals surface area contributed by atoms with Gasteiger partial charge in [0, 0.05) is 53.6 Å². The highest BCUT2D eigenvalue weighted by atomic mass is 32.1. The van der Waals surface area contributed by atoms with Crippen molar-refractivity contribution in [3.63, 3.8) is 0 Å². The number of fused-ring (bicyclic) bond motifs is 16. The number of aromatic nitrogens is 1. The zero-order valence-corrected chi connectivity index (χ0v) is 44.5. The summed E-state index contributed by atoms with van der Waals surface area (Å²) < 4.78 is 5.65. The monoisotopic (exact) mass is 911 g/mol. The first kappa shape index (κ1) is 43.2. The smallest absolute Gasteiger partial charge is 0.333 e. The van der Waals surface area contributed by atoms with E-state index in [-0.39, 0.29) is 44.8 Å². The van der Waals surface area contributed by atoms with Crippen LogP contribution in [0.4, 0.5) is 11.4 Å². The number of rotatable bonds is 1. The van der Waals surface area contributed by atoms with Gasteiger partial charge in [0.25, 0.3) is 0 Å². The molecule has 2 aromatic heterocycles. The van der Waals surface area contributed by atoms with Gasteiger partial charge in [-0.05, 0) is 180 Å². The van der Waals surface area contributed by atoms with Crippen molar-refractivity contribution >= 4 is 82.5 Å². The van der Waals surface area contributed by atoms with Crippen LogP contribution in [0, 0.1) is 0 Å². The lowest BCUT2D eigenvalue weighted by molar-refractivity contribution is 0.332. The molecule has 0 unspecified atom stereocenters. The molecule has 0 N–H and O–H groups in total. The molecule has 8 aromatic rings. The lowest BCUT2D eigenvalue weighted by Crippen LogP contribution is -2.61. The standard InChI is InChI=1S/C64H71BN2S/c1-58(2,3)36-20-22-37(23-21-36)67-49-34-45-42(60(6,7)25-28-63(45,12)13)31-40(49)52-53-38-18-16-17-19-51(38)68-57(53)54-39-30-41-44(62(10,11)27-24-59(41,4)5)33-48(39)66-50-35-46-43(61(8,9)26-29-64(46,14)15)32-47(50)65(67)55(52)56(54)66/h16-23,30-35H,24-29H2,1-15H3. The molecule has 0 amide bonds. The highest BCUT2D eigenvalue weighted by Crippen LogP contribution is 2.58. The van der Waals surface area contributed by atoms with E-state index in [0.717, 1.165) is 0 Å². The summed E-state index contributed by atoms with van der Waals surface area (Å²) in [5, 5.41) is 5.73. The summed E-state index contributed by atoms with van der Waals surface area (Å²) in [6.45, 7) is 37.1. The minimum Gasteiger partial charge on any atom is -0.376 e. The summed E-state index contributed by atoms with van der Waals surface area (Å²) in [5.74, 6) is 0. The number of thiophene rings is 1. The minimum absolute atomic E-state index is 0.0400. The van der Waals surface area contributed by atoms with Crippen LogP contribution in [0.25, 0.3) is 58.8 Å². The molecule has 68 heavy (non-hydrogen) atoms. The summed E-state index contributed by atoms with van der Waals surface area (Å²) in [5.41, 5.74) is 23.6. The second-order valence-corrected chi connectivity index (χ2v) is 28.4. The molecule has 6 aromatic carbocycles. The maximum Gasteiger partial charge on any atom is 0.333 e. The Kier molecular flexibility index (Phi) is 8.35. The van der Waals surface area contributed by atoms with Gasteiger partial charge in [-0.1, -0.05) is 140 Å². The fourth-order valence-electron chi connectivity index (χ4n) is 14.4. The Balaban J connectivity index is 1.30. The Hall–Kier alpha value is -4.80. The first-order valence-corrected chi connectivity index (χ1v) is 26.9. The molecule has 0 spiro atoms. The van der Waals surface area contributed by atoms with Crippen LogP contribution in [-0.4, -0.2) is 11.4 Å². The predicted octanol–water partition coefficient (Wildman–Crippen LogP) is 16.7. The van der Waals surface area contributed by atoms with Gasteiger partial charge in [-0.3, -0.25) is 0 Å². The molecule has 2 nitrogen and oxygen atoms in total. The minimum atomic E-state index is -0.0400. The molecule has 3 aliphatic carbocycles. The highest BCUT2D eigenvalue weighted by molar-refractivity contribution is 7.27. The first-order valence-electron chi connectivity index (χ1n) is 26.1. The average Bonchev–Trinajstić information content (AvgIpc) is 3.83. The van der Waals surface area contributed by atoms with E-state index in [1.807, 2.05) is 11.3 Å². The Morgan fingerprint density at radius 1 is 0.515 bits per heavy atom. The largest absolute Gasteiger partial charge is 0.376 e. The zero-order valence-electron chi connectivity index (χ0n) is 43.7.